The maximum absolute atomic E-state index is 13.3. The van der Waals surface area contributed by atoms with Crippen molar-refractivity contribution in [3.05, 3.63) is 144 Å². The number of hydrogen-bond donors (Lipinski definition) is 0. The zero-order valence-corrected chi connectivity index (χ0v) is 22.2. The lowest BCUT2D eigenvalue weighted by molar-refractivity contribution is 0.0723. The predicted octanol–water partition coefficient (Wildman–Crippen LogP) is 8.72. The molecule has 4 nitrogen and oxygen atoms in total. The zero-order chi connectivity index (χ0) is 27.6. The second-order valence-corrected chi connectivity index (χ2v) is 9.83. The molecule has 0 aliphatic rings. The third-order valence-corrected chi connectivity index (χ3v) is 7.01. The standard InChI is InChI=1S/C36H26O4/c1-23-11-15-27(16-12-23)35(37)39-31-21-19-25-7-3-5-9-29(25)33(31)34-30-10-6-4-8-26(30)20-22-32(34)40-36(38)28-17-13-24(2)14-18-28/h3-22H,1-2H3. The van der Waals surface area contributed by atoms with Crippen molar-refractivity contribution in [2.45, 2.75) is 13.8 Å². The zero-order valence-electron chi connectivity index (χ0n) is 22.2. The minimum Gasteiger partial charge on any atom is -0.422 e. The Hall–Kier alpha value is -5.22. The van der Waals surface area contributed by atoms with Gasteiger partial charge in [-0.15, -0.1) is 0 Å². The molecule has 0 heterocycles. The van der Waals surface area contributed by atoms with E-state index in [9.17, 15) is 9.59 Å². The summed E-state index contributed by atoms with van der Waals surface area (Å²) in [5.41, 5.74) is 4.38. The summed E-state index contributed by atoms with van der Waals surface area (Å²) in [4.78, 5) is 26.6. The number of hydrogen-bond acceptors (Lipinski definition) is 4. The Balaban J connectivity index is 1.55. The molecule has 0 saturated carbocycles. The van der Waals surface area contributed by atoms with Crippen LogP contribution in [-0.2, 0) is 0 Å². The summed E-state index contributed by atoms with van der Waals surface area (Å²) in [6.07, 6.45) is 0. The van der Waals surface area contributed by atoms with Gasteiger partial charge in [-0.3, -0.25) is 0 Å². The minimum atomic E-state index is -0.463. The van der Waals surface area contributed by atoms with Crippen LogP contribution >= 0.6 is 0 Å². The first-order valence-corrected chi connectivity index (χ1v) is 13.1. The lowest BCUT2D eigenvalue weighted by Crippen LogP contribution is -2.11. The highest BCUT2D eigenvalue weighted by atomic mass is 16.5. The van der Waals surface area contributed by atoms with E-state index in [0.29, 0.717) is 33.8 Å². The molecular formula is C36H26O4. The van der Waals surface area contributed by atoms with Gasteiger partial charge in [0.1, 0.15) is 11.5 Å². The van der Waals surface area contributed by atoms with Crippen molar-refractivity contribution < 1.29 is 19.1 Å². The lowest BCUT2D eigenvalue weighted by Gasteiger charge is -2.19. The van der Waals surface area contributed by atoms with Gasteiger partial charge in [0.05, 0.1) is 11.1 Å². The first kappa shape index (κ1) is 25.1. The number of benzene rings is 6. The molecule has 0 atom stereocenters. The molecule has 0 N–H and O–H groups in total. The van der Waals surface area contributed by atoms with E-state index in [0.717, 1.165) is 32.7 Å². The van der Waals surface area contributed by atoms with Crippen molar-refractivity contribution >= 4 is 33.5 Å². The van der Waals surface area contributed by atoms with Gasteiger partial charge in [-0.2, -0.15) is 0 Å². The Morgan fingerprint density at radius 1 is 0.450 bits per heavy atom. The second-order valence-electron chi connectivity index (χ2n) is 9.83. The number of ether oxygens (including phenoxy) is 2. The molecule has 0 aliphatic carbocycles. The second kappa shape index (κ2) is 10.5. The first-order chi connectivity index (χ1) is 19.5. The molecule has 0 aromatic heterocycles. The van der Waals surface area contributed by atoms with Gasteiger partial charge in [-0.05, 0) is 71.8 Å². The van der Waals surface area contributed by atoms with Crippen LogP contribution in [0.2, 0.25) is 0 Å². The van der Waals surface area contributed by atoms with E-state index in [4.69, 9.17) is 9.47 Å². The summed E-state index contributed by atoms with van der Waals surface area (Å²) in [6, 6.07) is 37.8. The molecule has 6 rings (SSSR count). The fraction of sp³-hybridized carbons (Fsp3) is 0.0556. The van der Waals surface area contributed by atoms with Gasteiger partial charge >= 0.3 is 11.9 Å². The van der Waals surface area contributed by atoms with Crippen LogP contribution in [0.5, 0.6) is 11.5 Å². The number of carbonyl (C=O) groups is 2. The van der Waals surface area contributed by atoms with Crippen LogP contribution in [0.4, 0.5) is 0 Å². The van der Waals surface area contributed by atoms with Crippen LogP contribution < -0.4 is 9.47 Å². The number of fused-ring (bicyclic) bond motifs is 2. The lowest BCUT2D eigenvalue weighted by atomic mass is 9.92. The number of carbonyl (C=O) groups excluding carboxylic acids is 2. The Morgan fingerprint density at radius 2 is 0.825 bits per heavy atom. The van der Waals surface area contributed by atoms with Crippen molar-refractivity contribution in [2.24, 2.45) is 0 Å². The highest BCUT2D eigenvalue weighted by molar-refractivity contribution is 6.11. The fourth-order valence-electron chi connectivity index (χ4n) is 4.89. The summed E-state index contributed by atoms with van der Waals surface area (Å²) in [7, 11) is 0. The van der Waals surface area contributed by atoms with Gasteiger partial charge in [-0.25, -0.2) is 9.59 Å². The largest absolute Gasteiger partial charge is 0.422 e. The van der Waals surface area contributed by atoms with Gasteiger partial charge in [0.2, 0.25) is 0 Å². The predicted molar refractivity (Wildman–Crippen MR) is 159 cm³/mol. The molecule has 6 aromatic carbocycles. The third kappa shape index (κ3) is 4.83. The van der Waals surface area contributed by atoms with E-state index in [1.165, 1.54) is 0 Å². The van der Waals surface area contributed by atoms with E-state index < -0.39 is 11.9 Å². The summed E-state index contributed by atoms with van der Waals surface area (Å²) in [6.45, 7) is 3.94. The summed E-state index contributed by atoms with van der Waals surface area (Å²) in [5, 5.41) is 3.69. The van der Waals surface area contributed by atoms with Crippen molar-refractivity contribution in [1.82, 2.24) is 0 Å². The summed E-state index contributed by atoms with van der Waals surface area (Å²) in [5.74, 6) is -0.161. The van der Waals surface area contributed by atoms with Crippen LogP contribution in [0, 0.1) is 13.8 Å². The minimum absolute atomic E-state index is 0.383. The molecule has 0 amide bonds. The molecule has 0 spiro atoms. The van der Waals surface area contributed by atoms with Crippen molar-refractivity contribution in [3.63, 3.8) is 0 Å². The molecule has 0 radical (unpaired) electrons. The van der Waals surface area contributed by atoms with Gasteiger partial charge in [0.25, 0.3) is 0 Å². The van der Waals surface area contributed by atoms with E-state index in [1.807, 2.05) is 98.8 Å². The number of aryl methyl sites for hydroxylation is 2. The topological polar surface area (TPSA) is 52.6 Å². The van der Waals surface area contributed by atoms with E-state index in [1.54, 1.807) is 36.4 Å². The Labute approximate surface area is 232 Å². The smallest absolute Gasteiger partial charge is 0.343 e. The van der Waals surface area contributed by atoms with Crippen LogP contribution in [0.1, 0.15) is 31.8 Å². The summed E-state index contributed by atoms with van der Waals surface area (Å²) >= 11 is 0. The highest BCUT2D eigenvalue weighted by Gasteiger charge is 2.22. The molecular weight excluding hydrogens is 496 g/mol. The van der Waals surface area contributed by atoms with Crippen LogP contribution in [-0.4, -0.2) is 11.9 Å². The fourth-order valence-corrected chi connectivity index (χ4v) is 4.89. The first-order valence-electron chi connectivity index (χ1n) is 13.1. The Bertz CT molecular complexity index is 1740. The van der Waals surface area contributed by atoms with Gasteiger partial charge in [0.15, 0.2) is 0 Å². The van der Waals surface area contributed by atoms with Crippen molar-refractivity contribution in [2.75, 3.05) is 0 Å². The molecule has 0 fully saturated rings. The molecule has 4 heteroatoms. The molecule has 0 unspecified atom stereocenters. The summed E-state index contributed by atoms with van der Waals surface area (Å²) < 4.78 is 12.1. The van der Waals surface area contributed by atoms with Gasteiger partial charge < -0.3 is 9.47 Å². The monoisotopic (exact) mass is 522 g/mol. The molecule has 0 aliphatic heterocycles. The highest BCUT2D eigenvalue weighted by Crippen LogP contribution is 2.45. The van der Waals surface area contributed by atoms with E-state index in [2.05, 4.69) is 0 Å². The van der Waals surface area contributed by atoms with E-state index in [-0.39, 0.29) is 0 Å². The van der Waals surface area contributed by atoms with Crippen LogP contribution in [0.3, 0.4) is 0 Å². The Morgan fingerprint density at radius 3 is 1.23 bits per heavy atom. The quantitative estimate of drug-likeness (QED) is 0.168. The average Bonchev–Trinajstić information content (AvgIpc) is 2.98. The van der Waals surface area contributed by atoms with Gasteiger partial charge in [-0.1, -0.05) is 96.1 Å². The van der Waals surface area contributed by atoms with Crippen LogP contribution in [0.15, 0.2) is 121 Å². The SMILES string of the molecule is Cc1ccc(C(=O)Oc2ccc3ccccc3c2-c2c(OC(=O)c3ccc(C)cc3)ccc3ccccc23)cc1. The maximum atomic E-state index is 13.3. The van der Waals surface area contributed by atoms with Gasteiger partial charge in [0, 0.05) is 11.1 Å². The van der Waals surface area contributed by atoms with Crippen molar-refractivity contribution in [1.29, 1.82) is 0 Å². The number of rotatable bonds is 5. The van der Waals surface area contributed by atoms with Crippen LogP contribution in [0.25, 0.3) is 32.7 Å². The Kier molecular flexibility index (Phi) is 6.59. The molecule has 6 aromatic rings. The number of esters is 2. The van der Waals surface area contributed by atoms with Crippen molar-refractivity contribution in [3.8, 4) is 22.6 Å². The molecule has 40 heavy (non-hydrogen) atoms. The molecule has 194 valence electrons. The van der Waals surface area contributed by atoms with E-state index >= 15 is 0 Å². The maximum Gasteiger partial charge on any atom is 0.343 e. The molecule has 0 saturated heterocycles. The normalized spacial score (nSPS) is 10.9. The third-order valence-electron chi connectivity index (χ3n) is 7.01. The average molecular weight is 523 g/mol. The molecule has 0 bridgehead atoms.